The number of morpholine rings is 1. The normalized spacial score (nSPS) is 22.2. The number of nitrogens with zero attached hydrogens (tertiary/aromatic N) is 4. The molecular formula is C12H22N4O. The van der Waals surface area contributed by atoms with Crippen LogP contribution in [0.5, 0.6) is 0 Å². The van der Waals surface area contributed by atoms with Gasteiger partial charge in [0.05, 0.1) is 12.7 Å². The lowest BCUT2D eigenvalue weighted by molar-refractivity contribution is -0.0380. The van der Waals surface area contributed by atoms with Crippen molar-refractivity contribution >= 4 is 0 Å². The summed E-state index contributed by atoms with van der Waals surface area (Å²) in [5, 5.41) is 7.62. The van der Waals surface area contributed by atoms with Crippen LogP contribution >= 0.6 is 0 Å². The summed E-state index contributed by atoms with van der Waals surface area (Å²) in [4.78, 5) is 2.47. The van der Waals surface area contributed by atoms with Gasteiger partial charge in [-0.2, -0.15) is 0 Å². The van der Waals surface area contributed by atoms with Crippen LogP contribution < -0.4 is 0 Å². The molecule has 5 heteroatoms. The maximum atomic E-state index is 5.78. The standard InChI is InChI=1S/C12H22N4O/c1-11(2)7-12-8-15(5-6-17-12)3-4-16-9-13-14-10-16/h9-12H,3-8H2,1-2H3/t12-/m1/s1. The summed E-state index contributed by atoms with van der Waals surface area (Å²) in [6, 6.07) is 0. The monoisotopic (exact) mass is 238 g/mol. The number of hydrogen-bond acceptors (Lipinski definition) is 4. The molecule has 0 amide bonds. The van der Waals surface area contributed by atoms with Crippen molar-refractivity contribution in [1.29, 1.82) is 0 Å². The highest BCUT2D eigenvalue weighted by atomic mass is 16.5. The number of aromatic nitrogens is 3. The molecule has 0 aliphatic carbocycles. The van der Waals surface area contributed by atoms with Gasteiger partial charge >= 0.3 is 0 Å². The van der Waals surface area contributed by atoms with E-state index in [1.54, 1.807) is 12.7 Å². The Hall–Kier alpha value is -0.940. The van der Waals surface area contributed by atoms with Crippen molar-refractivity contribution in [3.8, 4) is 0 Å². The molecule has 1 saturated heterocycles. The maximum Gasteiger partial charge on any atom is 0.119 e. The Morgan fingerprint density at radius 3 is 2.76 bits per heavy atom. The van der Waals surface area contributed by atoms with E-state index in [1.807, 2.05) is 4.57 Å². The van der Waals surface area contributed by atoms with Gasteiger partial charge in [-0.1, -0.05) is 13.8 Å². The van der Waals surface area contributed by atoms with Gasteiger partial charge in [0.25, 0.3) is 0 Å². The van der Waals surface area contributed by atoms with Gasteiger partial charge in [0.2, 0.25) is 0 Å². The van der Waals surface area contributed by atoms with Crippen LogP contribution in [0.4, 0.5) is 0 Å². The largest absolute Gasteiger partial charge is 0.376 e. The molecule has 1 atom stereocenters. The Balaban J connectivity index is 1.73. The van der Waals surface area contributed by atoms with Crippen LogP contribution in [0.25, 0.3) is 0 Å². The van der Waals surface area contributed by atoms with E-state index in [4.69, 9.17) is 4.74 Å². The first-order valence-electron chi connectivity index (χ1n) is 6.40. The molecular weight excluding hydrogens is 216 g/mol. The first-order chi connectivity index (χ1) is 8.24. The molecule has 0 saturated carbocycles. The minimum absolute atomic E-state index is 0.407. The third kappa shape index (κ3) is 4.09. The van der Waals surface area contributed by atoms with E-state index in [0.717, 1.165) is 39.2 Å². The van der Waals surface area contributed by atoms with Gasteiger partial charge in [-0.05, 0) is 12.3 Å². The second-order valence-corrected chi connectivity index (χ2v) is 5.12. The first-order valence-corrected chi connectivity index (χ1v) is 6.40. The highest BCUT2D eigenvalue weighted by Crippen LogP contribution is 2.13. The fourth-order valence-corrected chi connectivity index (χ4v) is 2.25. The van der Waals surface area contributed by atoms with Crippen LogP contribution in [0.2, 0.25) is 0 Å². The predicted molar refractivity (Wildman–Crippen MR) is 65.7 cm³/mol. The van der Waals surface area contributed by atoms with E-state index in [1.165, 1.54) is 0 Å². The lowest BCUT2D eigenvalue weighted by Crippen LogP contribution is -2.44. The quantitative estimate of drug-likeness (QED) is 0.768. The van der Waals surface area contributed by atoms with Crippen LogP contribution in [-0.2, 0) is 11.3 Å². The fraction of sp³-hybridized carbons (Fsp3) is 0.833. The van der Waals surface area contributed by atoms with Crippen molar-refractivity contribution in [3.63, 3.8) is 0 Å². The summed E-state index contributed by atoms with van der Waals surface area (Å²) in [5.74, 6) is 0.706. The fourth-order valence-electron chi connectivity index (χ4n) is 2.25. The molecule has 1 fully saturated rings. The van der Waals surface area contributed by atoms with Crippen molar-refractivity contribution < 1.29 is 4.74 Å². The lowest BCUT2D eigenvalue weighted by Gasteiger charge is -2.33. The summed E-state index contributed by atoms with van der Waals surface area (Å²) in [6.07, 6.45) is 5.10. The molecule has 96 valence electrons. The van der Waals surface area contributed by atoms with E-state index >= 15 is 0 Å². The molecule has 0 unspecified atom stereocenters. The van der Waals surface area contributed by atoms with Gasteiger partial charge in [-0.15, -0.1) is 10.2 Å². The Labute approximate surface area is 103 Å². The van der Waals surface area contributed by atoms with Gasteiger partial charge in [0, 0.05) is 26.2 Å². The molecule has 0 radical (unpaired) electrons. The molecule has 2 rings (SSSR count). The SMILES string of the molecule is CC(C)C[C@@H]1CN(CCn2cnnc2)CCO1. The van der Waals surface area contributed by atoms with Gasteiger partial charge in [-0.3, -0.25) is 4.90 Å². The number of rotatable bonds is 5. The van der Waals surface area contributed by atoms with Crippen molar-refractivity contribution in [1.82, 2.24) is 19.7 Å². The molecule has 5 nitrogen and oxygen atoms in total. The highest BCUT2D eigenvalue weighted by Gasteiger charge is 2.20. The van der Waals surface area contributed by atoms with Crippen LogP contribution in [0.3, 0.4) is 0 Å². The van der Waals surface area contributed by atoms with Crippen molar-refractivity contribution in [2.24, 2.45) is 5.92 Å². The molecule has 0 N–H and O–H groups in total. The topological polar surface area (TPSA) is 43.2 Å². The third-order valence-corrected chi connectivity index (χ3v) is 3.10. The molecule has 0 bridgehead atoms. The zero-order chi connectivity index (χ0) is 12.1. The van der Waals surface area contributed by atoms with E-state index in [9.17, 15) is 0 Å². The average Bonchev–Trinajstić information content (AvgIpc) is 2.79. The molecule has 0 spiro atoms. The summed E-state index contributed by atoms with van der Waals surface area (Å²) >= 11 is 0. The minimum Gasteiger partial charge on any atom is -0.376 e. The van der Waals surface area contributed by atoms with E-state index in [-0.39, 0.29) is 0 Å². The van der Waals surface area contributed by atoms with Crippen LogP contribution in [0, 0.1) is 5.92 Å². The average molecular weight is 238 g/mol. The number of hydrogen-bond donors (Lipinski definition) is 0. The van der Waals surface area contributed by atoms with Crippen molar-refractivity contribution in [2.75, 3.05) is 26.2 Å². The smallest absolute Gasteiger partial charge is 0.119 e. The lowest BCUT2D eigenvalue weighted by atomic mass is 10.0. The van der Waals surface area contributed by atoms with E-state index in [0.29, 0.717) is 12.0 Å². The van der Waals surface area contributed by atoms with Crippen LogP contribution in [0.15, 0.2) is 12.7 Å². The Morgan fingerprint density at radius 2 is 2.06 bits per heavy atom. The Morgan fingerprint density at radius 1 is 1.29 bits per heavy atom. The second kappa shape index (κ2) is 6.12. The first kappa shape index (κ1) is 12.5. The summed E-state index contributed by atoms with van der Waals surface area (Å²) in [7, 11) is 0. The minimum atomic E-state index is 0.407. The Bertz CT molecular complexity index is 312. The van der Waals surface area contributed by atoms with Crippen LogP contribution in [-0.4, -0.2) is 52.0 Å². The predicted octanol–water partition coefficient (Wildman–Crippen LogP) is 1.02. The summed E-state index contributed by atoms with van der Waals surface area (Å²) in [6.45, 7) is 9.47. The third-order valence-electron chi connectivity index (χ3n) is 3.10. The zero-order valence-corrected chi connectivity index (χ0v) is 10.7. The molecule has 2 heterocycles. The Kier molecular flexibility index (Phi) is 4.50. The molecule has 1 aliphatic rings. The molecule has 0 aromatic carbocycles. The second-order valence-electron chi connectivity index (χ2n) is 5.12. The summed E-state index contributed by atoms with van der Waals surface area (Å²) in [5.41, 5.74) is 0. The molecule has 1 aliphatic heterocycles. The molecule has 1 aromatic rings. The van der Waals surface area contributed by atoms with Gasteiger partial charge in [-0.25, -0.2) is 0 Å². The highest BCUT2D eigenvalue weighted by molar-refractivity contribution is 4.73. The van der Waals surface area contributed by atoms with Crippen LogP contribution in [0.1, 0.15) is 20.3 Å². The van der Waals surface area contributed by atoms with Gasteiger partial charge in [0.1, 0.15) is 12.7 Å². The van der Waals surface area contributed by atoms with Crippen molar-refractivity contribution in [2.45, 2.75) is 32.9 Å². The maximum absolute atomic E-state index is 5.78. The molecule has 1 aromatic heterocycles. The van der Waals surface area contributed by atoms with Crippen molar-refractivity contribution in [3.05, 3.63) is 12.7 Å². The van der Waals surface area contributed by atoms with E-state index in [2.05, 4.69) is 28.9 Å². The molecule has 17 heavy (non-hydrogen) atoms. The number of ether oxygens (including phenoxy) is 1. The van der Waals surface area contributed by atoms with Gasteiger partial charge < -0.3 is 9.30 Å². The summed E-state index contributed by atoms with van der Waals surface area (Å²) < 4.78 is 7.80. The zero-order valence-electron chi connectivity index (χ0n) is 10.7. The van der Waals surface area contributed by atoms with E-state index < -0.39 is 0 Å². The van der Waals surface area contributed by atoms with Gasteiger partial charge in [0.15, 0.2) is 0 Å².